The van der Waals surface area contributed by atoms with Gasteiger partial charge in [0.1, 0.15) is 11.5 Å². The van der Waals surface area contributed by atoms with Crippen molar-refractivity contribution in [3.63, 3.8) is 0 Å². The number of rotatable bonds is 8. The van der Waals surface area contributed by atoms with E-state index in [4.69, 9.17) is 9.47 Å². The summed E-state index contributed by atoms with van der Waals surface area (Å²) in [4.78, 5) is 32.8. The van der Waals surface area contributed by atoms with Crippen LogP contribution in [0.3, 0.4) is 0 Å². The third kappa shape index (κ3) is 5.44. The van der Waals surface area contributed by atoms with Crippen LogP contribution in [0.2, 0.25) is 0 Å². The zero-order chi connectivity index (χ0) is 25.7. The molecule has 3 heterocycles. The molecule has 8 nitrogen and oxygen atoms in total. The van der Waals surface area contributed by atoms with Crippen LogP contribution in [0.4, 0.5) is 0 Å². The van der Waals surface area contributed by atoms with Crippen molar-refractivity contribution in [1.29, 1.82) is 0 Å². The van der Waals surface area contributed by atoms with Crippen molar-refractivity contribution in [3.05, 3.63) is 87.6 Å². The Labute approximate surface area is 211 Å². The predicted octanol–water partition coefficient (Wildman–Crippen LogP) is 3.68. The van der Waals surface area contributed by atoms with Crippen molar-refractivity contribution in [1.82, 2.24) is 14.5 Å². The van der Waals surface area contributed by atoms with Gasteiger partial charge in [-0.05, 0) is 75.7 Å². The first kappa shape index (κ1) is 25.4. The molecule has 0 aliphatic carbocycles. The van der Waals surface area contributed by atoms with Gasteiger partial charge in [-0.15, -0.1) is 0 Å². The lowest BCUT2D eigenvalue weighted by Crippen LogP contribution is -2.42. The molecule has 1 N–H and O–H groups in total. The van der Waals surface area contributed by atoms with Crippen LogP contribution in [0, 0.1) is 12.8 Å². The van der Waals surface area contributed by atoms with Gasteiger partial charge in [0.05, 0.1) is 43.5 Å². The van der Waals surface area contributed by atoms with Crippen molar-refractivity contribution >= 4 is 5.97 Å². The molecular weight excluding hydrogens is 458 g/mol. The Kier molecular flexibility index (Phi) is 8.05. The Hall–Kier alpha value is -3.65. The molecule has 0 spiro atoms. The van der Waals surface area contributed by atoms with E-state index in [1.54, 1.807) is 30.9 Å². The molecule has 1 aliphatic rings. The van der Waals surface area contributed by atoms with Crippen LogP contribution in [-0.4, -0.2) is 52.3 Å². The van der Waals surface area contributed by atoms with Crippen LogP contribution < -0.4 is 10.3 Å². The minimum Gasteiger partial charge on any atom is -0.507 e. The van der Waals surface area contributed by atoms with Crippen LogP contribution in [0.25, 0.3) is 0 Å². The summed E-state index contributed by atoms with van der Waals surface area (Å²) in [5, 5.41) is 11.1. The number of aryl methyl sites for hydroxylation is 1. The third-order valence-corrected chi connectivity index (χ3v) is 6.77. The Morgan fingerprint density at radius 1 is 1.17 bits per heavy atom. The second kappa shape index (κ2) is 11.4. The van der Waals surface area contributed by atoms with E-state index >= 15 is 0 Å². The summed E-state index contributed by atoms with van der Waals surface area (Å²) in [7, 11) is 1.60. The Morgan fingerprint density at radius 2 is 1.94 bits per heavy atom. The quantitative estimate of drug-likeness (QED) is 0.481. The summed E-state index contributed by atoms with van der Waals surface area (Å²) >= 11 is 0. The van der Waals surface area contributed by atoms with Crippen molar-refractivity contribution < 1.29 is 19.4 Å². The number of aromatic nitrogens is 2. The number of nitrogens with zero attached hydrogens (tertiary/aromatic N) is 3. The number of carbonyl (C=O) groups excluding carboxylic acids is 1. The average molecular weight is 492 g/mol. The van der Waals surface area contributed by atoms with E-state index in [-0.39, 0.29) is 23.2 Å². The highest BCUT2D eigenvalue weighted by Crippen LogP contribution is 2.36. The van der Waals surface area contributed by atoms with E-state index in [1.165, 1.54) is 0 Å². The Balaban J connectivity index is 1.76. The highest BCUT2D eigenvalue weighted by molar-refractivity contribution is 5.72. The lowest BCUT2D eigenvalue weighted by molar-refractivity contribution is -0.149. The number of carbonyl (C=O) groups is 1. The number of esters is 1. The molecule has 0 amide bonds. The summed E-state index contributed by atoms with van der Waals surface area (Å²) in [6.45, 7) is 5.44. The van der Waals surface area contributed by atoms with Gasteiger partial charge in [-0.2, -0.15) is 0 Å². The number of aromatic hydroxyl groups is 1. The number of methoxy groups -OCH3 is 1. The van der Waals surface area contributed by atoms with E-state index in [2.05, 4.69) is 9.88 Å². The highest BCUT2D eigenvalue weighted by Gasteiger charge is 2.34. The second-order valence-corrected chi connectivity index (χ2v) is 9.04. The van der Waals surface area contributed by atoms with Crippen LogP contribution >= 0.6 is 0 Å². The molecule has 190 valence electrons. The summed E-state index contributed by atoms with van der Waals surface area (Å²) in [5.74, 6) is 0.278. The number of hydrogen-bond donors (Lipinski definition) is 1. The van der Waals surface area contributed by atoms with Crippen LogP contribution in [0.1, 0.15) is 48.3 Å². The first-order chi connectivity index (χ1) is 17.4. The van der Waals surface area contributed by atoms with E-state index < -0.39 is 6.04 Å². The standard InChI is InChI=1S/C28H33N3O5/c1-4-36-28(34)20-11-14-30(15-12-20)26(21-8-7-10-23(17-21)35-3)25-24(32)16-19(2)31(27(25)33)18-22-9-5-6-13-29-22/h5-10,13,16-17,20,26,32H,4,11-12,14-15,18H2,1-3H3/t26-/m1/s1. The first-order valence-electron chi connectivity index (χ1n) is 12.3. The number of pyridine rings is 2. The van der Waals surface area contributed by atoms with E-state index in [0.717, 1.165) is 11.3 Å². The first-order valence-corrected chi connectivity index (χ1v) is 12.3. The number of likely N-dealkylation sites (tertiary alicyclic amines) is 1. The summed E-state index contributed by atoms with van der Waals surface area (Å²) < 4.78 is 12.3. The fraction of sp³-hybridized carbons (Fsp3) is 0.393. The molecule has 0 saturated carbocycles. The molecule has 1 aromatic carbocycles. The monoisotopic (exact) mass is 491 g/mol. The topological polar surface area (TPSA) is 93.9 Å². The fourth-order valence-corrected chi connectivity index (χ4v) is 4.90. The molecule has 2 aromatic heterocycles. The van der Waals surface area contributed by atoms with Gasteiger partial charge in [0.2, 0.25) is 0 Å². The molecule has 8 heteroatoms. The number of hydrogen-bond acceptors (Lipinski definition) is 7. The normalized spacial score (nSPS) is 15.4. The maximum atomic E-state index is 13.9. The molecule has 1 aliphatic heterocycles. The van der Waals surface area contributed by atoms with Crippen molar-refractivity contribution in [2.45, 2.75) is 39.3 Å². The second-order valence-electron chi connectivity index (χ2n) is 9.04. The smallest absolute Gasteiger partial charge is 0.309 e. The minimum atomic E-state index is -0.508. The Bertz CT molecular complexity index is 1250. The molecule has 1 atom stereocenters. The van der Waals surface area contributed by atoms with Crippen LogP contribution in [0.15, 0.2) is 59.5 Å². The highest BCUT2D eigenvalue weighted by atomic mass is 16.5. The summed E-state index contributed by atoms with van der Waals surface area (Å²) in [5.41, 5.74) is 2.28. The maximum Gasteiger partial charge on any atom is 0.309 e. The van der Waals surface area contributed by atoms with E-state index in [1.807, 2.05) is 49.4 Å². The maximum absolute atomic E-state index is 13.9. The molecule has 0 unspecified atom stereocenters. The van der Waals surface area contributed by atoms with Gasteiger partial charge >= 0.3 is 5.97 Å². The van der Waals surface area contributed by atoms with Gasteiger partial charge in [0.15, 0.2) is 0 Å². The third-order valence-electron chi connectivity index (χ3n) is 6.77. The molecule has 36 heavy (non-hydrogen) atoms. The van der Waals surface area contributed by atoms with E-state index in [9.17, 15) is 14.7 Å². The molecule has 1 fully saturated rings. The minimum absolute atomic E-state index is 0.0462. The van der Waals surface area contributed by atoms with Gasteiger partial charge in [-0.25, -0.2) is 0 Å². The number of ether oxygens (including phenoxy) is 2. The molecular formula is C28H33N3O5. The van der Waals surface area contributed by atoms with Crippen LogP contribution in [-0.2, 0) is 16.1 Å². The van der Waals surface area contributed by atoms with Crippen LogP contribution in [0.5, 0.6) is 11.5 Å². The SMILES string of the molecule is CCOC(=O)C1CCN([C@H](c2cccc(OC)c2)c2c(O)cc(C)n(Cc3ccccn3)c2=O)CC1. The summed E-state index contributed by atoms with van der Waals surface area (Å²) in [6, 6.07) is 14.3. The van der Waals surface area contributed by atoms with Crippen molar-refractivity contribution in [3.8, 4) is 11.5 Å². The van der Waals surface area contributed by atoms with Gasteiger partial charge < -0.3 is 19.1 Å². The lowest BCUT2D eigenvalue weighted by atomic mass is 9.91. The summed E-state index contributed by atoms with van der Waals surface area (Å²) in [6.07, 6.45) is 2.94. The zero-order valence-corrected chi connectivity index (χ0v) is 21.0. The molecule has 3 aromatic rings. The van der Waals surface area contributed by atoms with Crippen molar-refractivity contribution in [2.75, 3.05) is 26.8 Å². The van der Waals surface area contributed by atoms with Gasteiger partial charge in [0, 0.05) is 11.9 Å². The number of benzene rings is 1. The molecule has 1 saturated heterocycles. The average Bonchev–Trinajstić information content (AvgIpc) is 2.90. The van der Waals surface area contributed by atoms with Crippen molar-refractivity contribution in [2.24, 2.45) is 5.92 Å². The van der Waals surface area contributed by atoms with Gasteiger partial charge in [0.25, 0.3) is 5.56 Å². The lowest BCUT2D eigenvalue weighted by Gasteiger charge is -2.37. The Morgan fingerprint density at radius 3 is 2.61 bits per heavy atom. The largest absolute Gasteiger partial charge is 0.507 e. The predicted molar refractivity (Wildman–Crippen MR) is 136 cm³/mol. The molecule has 0 radical (unpaired) electrons. The fourth-order valence-electron chi connectivity index (χ4n) is 4.90. The molecule has 0 bridgehead atoms. The van der Waals surface area contributed by atoms with Gasteiger partial charge in [-0.1, -0.05) is 18.2 Å². The van der Waals surface area contributed by atoms with Gasteiger partial charge in [-0.3, -0.25) is 19.5 Å². The number of piperidine rings is 1. The molecule has 4 rings (SSSR count). The zero-order valence-electron chi connectivity index (χ0n) is 21.0. The van der Waals surface area contributed by atoms with E-state index in [0.29, 0.717) is 56.1 Å².